The first-order chi connectivity index (χ1) is 10.9. The Bertz CT molecular complexity index is 720. The summed E-state index contributed by atoms with van der Waals surface area (Å²) in [4.78, 5) is 6.30. The van der Waals surface area contributed by atoms with Gasteiger partial charge in [0.15, 0.2) is 0 Å². The van der Waals surface area contributed by atoms with Crippen LogP contribution < -0.4 is 0 Å². The van der Waals surface area contributed by atoms with Gasteiger partial charge in [0.2, 0.25) is 0 Å². The van der Waals surface area contributed by atoms with Crippen LogP contribution in [0.5, 0.6) is 5.75 Å². The van der Waals surface area contributed by atoms with E-state index in [1.807, 2.05) is 25.1 Å². The van der Waals surface area contributed by atoms with Crippen LogP contribution in [0, 0.1) is 5.82 Å². The fourth-order valence-electron chi connectivity index (χ4n) is 2.22. The molecule has 0 fully saturated rings. The molecule has 0 aliphatic heterocycles. The van der Waals surface area contributed by atoms with Gasteiger partial charge in [0.1, 0.15) is 11.6 Å². The quantitative estimate of drug-likeness (QED) is 0.798. The van der Waals surface area contributed by atoms with Crippen molar-refractivity contribution in [2.45, 2.75) is 6.04 Å². The summed E-state index contributed by atoms with van der Waals surface area (Å²) in [7, 11) is 3.80. The lowest BCUT2D eigenvalue weighted by Gasteiger charge is -2.23. The third kappa shape index (κ3) is 4.67. The van der Waals surface area contributed by atoms with Gasteiger partial charge in [-0.2, -0.15) is 0 Å². The van der Waals surface area contributed by atoms with Gasteiger partial charge in [0.05, 0.1) is 17.6 Å². The first kappa shape index (κ1) is 17.7. The zero-order valence-electron chi connectivity index (χ0n) is 12.8. The van der Waals surface area contributed by atoms with Gasteiger partial charge in [-0.05, 0) is 43.9 Å². The van der Waals surface area contributed by atoms with Crippen LogP contribution in [0.25, 0.3) is 0 Å². The Morgan fingerprint density at radius 1 is 1.26 bits per heavy atom. The monoisotopic (exact) mass is 354 g/mol. The summed E-state index contributed by atoms with van der Waals surface area (Å²) in [5.41, 5.74) is 1.28. The minimum absolute atomic E-state index is 0.0630. The van der Waals surface area contributed by atoms with Crippen LogP contribution in [-0.2, 0) is 0 Å². The highest BCUT2D eigenvalue weighted by molar-refractivity contribution is 6.36. The average Bonchev–Trinajstić information content (AvgIpc) is 2.47. The van der Waals surface area contributed by atoms with E-state index in [0.717, 1.165) is 5.56 Å². The molecule has 0 aromatic heterocycles. The highest BCUT2D eigenvalue weighted by Gasteiger charge is 2.14. The molecule has 0 saturated heterocycles. The maximum atomic E-state index is 13.4. The van der Waals surface area contributed by atoms with E-state index in [-0.39, 0.29) is 22.6 Å². The number of phenols is 1. The lowest BCUT2D eigenvalue weighted by atomic mass is 10.1. The molecule has 2 aromatic carbocycles. The molecule has 0 aliphatic carbocycles. The second-order valence-electron chi connectivity index (χ2n) is 5.35. The smallest absolute Gasteiger partial charge is 0.143 e. The molecule has 0 amide bonds. The Kier molecular flexibility index (Phi) is 5.99. The number of aliphatic imine (C=N–C) groups is 1. The van der Waals surface area contributed by atoms with Gasteiger partial charge in [-0.3, -0.25) is 4.99 Å². The van der Waals surface area contributed by atoms with E-state index < -0.39 is 0 Å². The second kappa shape index (κ2) is 7.77. The number of likely N-dealkylation sites (N-methyl/N-ethyl adjacent to an activating group) is 1. The molecule has 0 aliphatic rings. The number of aromatic hydroxyl groups is 1. The van der Waals surface area contributed by atoms with E-state index in [9.17, 15) is 9.50 Å². The summed E-state index contributed by atoms with van der Waals surface area (Å²) < 4.78 is 13.4. The summed E-state index contributed by atoms with van der Waals surface area (Å²) in [6.07, 6.45) is 1.52. The van der Waals surface area contributed by atoms with Gasteiger partial charge in [-0.25, -0.2) is 4.39 Å². The van der Waals surface area contributed by atoms with Crippen molar-refractivity contribution in [2.24, 2.45) is 4.99 Å². The van der Waals surface area contributed by atoms with E-state index in [0.29, 0.717) is 17.1 Å². The maximum Gasteiger partial charge on any atom is 0.143 e. The predicted octanol–water partition coefficient (Wildman–Crippen LogP) is 4.56. The summed E-state index contributed by atoms with van der Waals surface area (Å²) in [6.45, 7) is 0.403. The molecule has 122 valence electrons. The highest BCUT2D eigenvalue weighted by Crippen LogP contribution is 2.30. The second-order valence-corrected chi connectivity index (χ2v) is 6.20. The number of halogens is 3. The topological polar surface area (TPSA) is 35.8 Å². The van der Waals surface area contributed by atoms with E-state index >= 15 is 0 Å². The van der Waals surface area contributed by atoms with E-state index in [1.165, 1.54) is 24.4 Å². The number of hydrogen-bond donors (Lipinski definition) is 1. The first-order valence-electron chi connectivity index (χ1n) is 6.98. The summed E-state index contributed by atoms with van der Waals surface area (Å²) in [6, 6.07) is 9.40. The van der Waals surface area contributed by atoms with Gasteiger partial charge in [0.25, 0.3) is 0 Å². The van der Waals surface area contributed by atoms with Crippen molar-refractivity contribution in [2.75, 3.05) is 20.6 Å². The number of hydrogen-bond acceptors (Lipinski definition) is 3. The number of benzene rings is 2. The van der Waals surface area contributed by atoms with Crippen molar-refractivity contribution in [1.82, 2.24) is 4.90 Å². The fraction of sp³-hybridized carbons (Fsp3) is 0.235. The molecule has 23 heavy (non-hydrogen) atoms. The molecule has 0 bridgehead atoms. The van der Waals surface area contributed by atoms with Crippen LogP contribution in [-0.4, -0.2) is 36.9 Å². The molecule has 1 N–H and O–H groups in total. The van der Waals surface area contributed by atoms with Crippen LogP contribution in [0.3, 0.4) is 0 Å². The summed E-state index contributed by atoms with van der Waals surface area (Å²) in [5.74, 6) is -0.343. The standard InChI is InChI=1S/C17H17Cl2FN2O/c1-22(2)16(11-4-3-5-14(20)7-11)10-21-9-12-6-13(18)8-15(19)17(12)23/h3-9,16,23H,10H2,1-2H3/t16-/m0/s1. The molecule has 0 unspecified atom stereocenters. The SMILES string of the molecule is CN(C)[C@@H](CN=Cc1cc(Cl)cc(Cl)c1O)c1cccc(F)c1. The third-order valence-electron chi connectivity index (χ3n) is 3.42. The Balaban J connectivity index is 2.19. The number of phenolic OH excluding ortho intramolecular Hbond substituents is 1. The minimum atomic E-state index is -0.280. The van der Waals surface area contributed by atoms with Crippen LogP contribution in [0.2, 0.25) is 10.0 Å². The summed E-state index contributed by atoms with van der Waals surface area (Å²) >= 11 is 11.8. The van der Waals surface area contributed by atoms with E-state index in [4.69, 9.17) is 23.2 Å². The molecule has 2 rings (SSSR count). The van der Waals surface area contributed by atoms with Crippen molar-refractivity contribution < 1.29 is 9.50 Å². The van der Waals surface area contributed by atoms with E-state index in [1.54, 1.807) is 12.1 Å². The van der Waals surface area contributed by atoms with Crippen LogP contribution in [0.1, 0.15) is 17.2 Å². The van der Waals surface area contributed by atoms with Gasteiger partial charge in [-0.15, -0.1) is 0 Å². The predicted molar refractivity (Wildman–Crippen MR) is 93.4 cm³/mol. The van der Waals surface area contributed by atoms with Crippen LogP contribution in [0.4, 0.5) is 4.39 Å². The molecule has 3 nitrogen and oxygen atoms in total. The van der Waals surface area contributed by atoms with Gasteiger partial charge in [0, 0.05) is 16.8 Å². The Morgan fingerprint density at radius 3 is 2.65 bits per heavy atom. The maximum absolute atomic E-state index is 13.4. The minimum Gasteiger partial charge on any atom is -0.506 e. The van der Waals surface area contributed by atoms with Gasteiger partial charge in [-0.1, -0.05) is 35.3 Å². The first-order valence-corrected chi connectivity index (χ1v) is 7.74. The molecule has 0 radical (unpaired) electrons. The molecule has 0 spiro atoms. The van der Waals surface area contributed by atoms with Crippen molar-refractivity contribution in [1.29, 1.82) is 0 Å². The molecule has 6 heteroatoms. The van der Waals surface area contributed by atoms with Crippen molar-refractivity contribution in [3.05, 3.63) is 63.4 Å². The van der Waals surface area contributed by atoms with E-state index in [2.05, 4.69) is 4.99 Å². The normalized spacial score (nSPS) is 13.0. The third-order valence-corrected chi connectivity index (χ3v) is 3.93. The summed E-state index contributed by atoms with van der Waals surface area (Å²) in [5, 5.41) is 10.5. The fourth-order valence-corrected chi connectivity index (χ4v) is 2.73. The average molecular weight is 355 g/mol. The van der Waals surface area contributed by atoms with Gasteiger partial charge < -0.3 is 10.0 Å². The van der Waals surface area contributed by atoms with Crippen molar-refractivity contribution >= 4 is 29.4 Å². The Labute approximate surface area is 145 Å². The largest absolute Gasteiger partial charge is 0.506 e. The molecule has 1 atom stereocenters. The lowest BCUT2D eigenvalue weighted by molar-refractivity contribution is 0.306. The highest BCUT2D eigenvalue weighted by atomic mass is 35.5. The molecule has 2 aromatic rings. The molecular formula is C17H17Cl2FN2O. The molecule has 0 heterocycles. The zero-order chi connectivity index (χ0) is 17.0. The van der Waals surface area contributed by atoms with Crippen LogP contribution >= 0.6 is 23.2 Å². The number of nitrogens with zero attached hydrogens (tertiary/aromatic N) is 2. The van der Waals surface area contributed by atoms with Crippen LogP contribution in [0.15, 0.2) is 41.4 Å². The van der Waals surface area contributed by atoms with Crippen molar-refractivity contribution in [3.63, 3.8) is 0 Å². The Hall–Kier alpha value is -1.62. The zero-order valence-corrected chi connectivity index (χ0v) is 14.3. The Morgan fingerprint density at radius 2 is 2.00 bits per heavy atom. The molecule has 0 saturated carbocycles. The molecular weight excluding hydrogens is 338 g/mol. The lowest BCUT2D eigenvalue weighted by Crippen LogP contribution is -2.22. The van der Waals surface area contributed by atoms with Gasteiger partial charge >= 0.3 is 0 Å². The number of rotatable bonds is 5. The van der Waals surface area contributed by atoms with Crippen molar-refractivity contribution in [3.8, 4) is 5.75 Å².